The van der Waals surface area contributed by atoms with Crippen molar-refractivity contribution in [3.63, 3.8) is 0 Å². The summed E-state index contributed by atoms with van der Waals surface area (Å²) in [6.45, 7) is 3.63. The van der Waals surface area contributed by atoms with Gasteiger partial charge >= 0.3 is 11.9 Å². The largest absolute Gasteiger partial charge is 0.461 e. The molecule has 4 bridgehead atoms. The minimum atomic E-state index is -0.606. The van der Waals surface area contributed by atoms with Crippen molar-refractivity contribution >= 4 is 29.5 Å². The van der Waals surface area contributed by atoms with Gasteiger partial charge in [-0.25, -0.2) is 0 Å². The molecule has 2 amide bonds. The first-order valence-corrected chi connectivity index (χ1v) is 14.9. The van der Waals surface area contributed by atoms with Gasteiger partial charge in [-0.15, -0.1) is 0 Å². The number of hydrogen-bond acceptors (Lipinski definition) is 7. The SMILES string of the molecule is CC1C(=O)N(C2CCC(C(=O)OC34CC5CC(C3)CC(C(=O)OC3CCCC(=O)C3)(C5)C4)CC2)C(=O)C1C. The topological polar surface area (TPSA) is 107 Å². The summed E-state index contributed by atoms with van der Waals surface area (Å²) >= 11 is 0. The molecule has 1 aliphatic heterocycles. The van der Waals surface area contributed by atoms with Crippen LogP contribution in [-0.4, -0.2) is 52.2 Å². The Hall–Kier alpha value is -2.25. The third-order valence-electron chi connectivity index (χ3n) is 10.9. The van der Waals surface area contributed by atoms with Crippen molar-refractivity contribution in [2.75, 3.05) is 0 Å². The fraction of sp³-hybridized carbons (Fsp3) is 0.833. The Kier molecular flexibility index (Phi) is 6.46. The highest BCUT2D eigenvalue weighted by atomic mass is 16.6. The van der Waals surface area contributed by atoms with Crippen LogP contribution in [0.4, 0.5) is 0 Å². The second-order valence-corrected chi connectivity index (χ2v) is 13.6. The second-order valence-electron chi connectivity index (χ2n) is 13.6. The van der Waals surface area contributed by atoms with Gasteiger partial charge < -0.3 is 9.47 Å². The molecular formula is C30H41NO7. The molecule has 0 radical (unpaired) electrons. The van der Waals surface area contributed by atoms with E-state index in [0.717, 1.165) is 44.9 Å². The predicted molar refractivity (Wildman–Crippen MR) is 135 cm³/mol. The summed E-state index contributed by atoms with van der Waals surface area (Å²) in [6.07, 6.45) is 9.40. The van der Waals surface area contributed by atoms with Gasteiger partial charge in [-0.2, -0.15) is 0 Å². The van der Waals surface area contributed by atoms with Crippen LogP contribution in [-0.2, 0) is 33.4 Å². The number of Topliss-reactive ketones (excluding diaryl/α,β-unsaturated/α-hetero) is 1. The molecule has 7 fully saturated rings. The Bertz CT molecular complexity index is 1010. The van der Waals surface area contributed by atoms with Gasteiger partial charge in [0.15, 0.2) is 0 Å². The quantitative estimate of drug-likeness (QED) is 0.391. The minimum absolute atomic E-state index is 0.0862. The fourth-order valence-corrected chi connectivity index (χ4v) is 9.10. The molecule has 7 aliphatic rings. The van der Waals surface area contributed by atoms with Crippen molar-refractivity contribution in [1.82, 2.24) is 4.90 Å². The Morgan fingerprint density at radius 3 is 2.11 bits per heavy atom. The van der Waals surface area contributed by atoms with Gasteiger partial charge in [0.1, 0.15) is 17.5 Å². The van der Waals surface area contributed by atoms with E-state index < -0.39 is 11.0 Å². The molecule has 6 aliphatic carbocycles. The number of ketones is 1. The van der Waals surface area contributed by atoms with Crippen molar-refractivity contribution in [3.8, 4) is 0 Å². The van der Waals surface area contributed by atoms with Crippen LogP contribution in [0.2, 0.25) is 0 Å². The van der Waals surface area contributed by atoms with Crippen LogP contribution in [0, 0.1) is 35.0 Å². The number of ether oxygens (including phenoxy) is 2. The highest BCUT2D eigenvalue weighted by Crippen LogP contribution is 2.63. The van der Waals surface area contributed by atoms with Gasteiger partial charge in [-0.1, -0.05) is 13.8 Å². The van der Waals surface area contributed by atoms with Crippen LogP contribution in [0.15, 0.2) is 0 Å². The first-order chi connectivity index (χ1) is 18.1. The van der Waals surface area contributed by atoms with Crippen LogP contribution in [0.3, 0.4) is 0 Å². The number of rotatable bonds is 5. The number of hydrogen-bond donors (Lipinski definition) is 0. The summed E-state index contributed by atoms with van der Waals surface area (Å²) < 4.78 is 12.3. The normalized spacial score (nSPS) is 44.4. The predicted octanol–water partition coefficient (Wildman–Crippen LogP) is 4.12. The van der Waals surface area contributed by atoms with Gasteiger partial charge in [0.25, 0.3) is 0 Å². The molecule has 38 heavy (non-hydrogen) atoms. The lowest BCUT2D eigenvalue weighted by Gasteiger charge is -2.60. The molecule has 5 unspecified atom stereocenters. The smallest absolute Gasteiger partial charge is 0.312 e. The van der Waals surface area contributed by atoms with Gasteiger partial charge in [-0.3, -0.25) is 28.9 Å². The van der Waals surface area contributed by atoms with Gasteiger partial charge in [-0.05, 0) is 82.5 Å². The molecule has 6 saturated carbocycles. The second kappa shape index (κ2) is 9.44. The highest BCUT2D eigenvalue weighted by molar-refractivity contribution is 6.05. The van der Waals surface area contributed by atoms with Crippen molar-refractivity contribution in [3.05, 3.63) is 0 Å². The summed E-state index contributed by atoms with van der Waals surface area (Å²) in [6, 6.07) is -0.129. The Labute approximate surface area is 224 Å². The molecule has 0 N–H and O–H groups in total. The lowest BCUT2D eigenvalue weighted by Crippen LogP contribution is -2.60. The average molecular weight is 528 g/mol. The van der Waals surface area contributed by atoms with E-state index in [-0.39, 0.29) is 59.4 Å². The summed E-state index contributed by atoms with van der Waals surface area (Å²) in [5, 5.41) is 0. The molecule has 8 nitrogen and oxygen atoms in total. The Morgan fingerprint density at radius 2 is 1.50 bits per heavy atom. The molecule has 8 heteroatoms. The van der Waals surface area contributed by atoms with Crippen LogP contribution in [0.25, 0.3) is 0 Å². The standard InChI is InChI=1S/C30H41NO7/c1-17-18(2)26(34)31(25(17)33)22-8-6-21(7-9-22)27(35)38-30-14-19-10-20(15-30)13-29(12-19,16-30)28(36)37-24-5-3-4-23(32)11-24/h17-22,24H,3-16H2,1-2H3. The van der Waals surface area contributed by atoms with Crippen molar-refractivity contribution in [1.29, 1.82) is 0 Å². The number of nitrogens with zero attached hydrogens (tertiary/aromatic N) is 1. The summed E-state index contributed by atoms with van der Waals surface area (Å²) in [5.41, 5.74) is -1.21. The molecule has 0 spiro atoms. The number of likely N-dealkylation sites (tertiary alicyclic amines) is 1. The first kappa shape index (κ1) is 26.0. The van der Waals surface area contributed by atoms with Gasteiger partial charge in [0.05, 0.1) is 11.3 Å². The maximum Gasteiger partial charge on any atom is 0.312 e. The zero-order chi connectivity index (χ0) is 26.8. The third kappa shape index (κ3) is 4.40. The maximum absolute atomic E-state index is 13.5. The summed E-state index contributed by atoms with van der Waals surface area (Å²) in [5.74, 6) is -0.456. The number of carbonyl (C=O) groups excluding carboxylic acids is 5. The van der Waals surface area contributed by atoms with Crippen molar-refractivity contribution in [2.45, 2.75) is 121 Å². The van der Waals surface area contributed by atoms with Crippen LogP contribution < -0.4 is 0 Å². The van der Waals surface area contributed by atoms with Gasteiger partial charge in [0, 0.05) is 37.1 Å². The van der Waals surface area contributed by atoms with Crippen LogP contribution >= 0.6 is 0 Å². The van der Waals surface area contributed by atoms with E-state index in [1.54, 1.807) is 0 Å². The van der Waals surface area contributed by atoms with E-state index in [9.17, 15) is 24.0 Å². The third-order valence-corrected chi connectivity index (χ3v) is 10.9. The van der Waals surface area contributed by atoms with E-state index in [0.29, 0.717) is 56.8 Å². The van der Waals surface area contributed by atoms with E-state index in [4.69, 9.17) is 9.47 Å². The number of esters is 2. The first-order valence-electron chi connectivity index (χ1n) is 14.9. The molecule has 1 saturated heterocycles. The lowest BCUT2D eigenvalue weighted by atomic mass is 9.48. The average Bonchev–Trinajstić information content (AvgIpc) is 3.05. The van der Waals surface area contributed by atoms with Gasteiger partial charge in [0.2, 0.25) is 11.8 Å². The maximum atomic E-state index is 13.5. The monoisotopic (exact) mass is 527 g/mol. The minimum Gasteiger partial charge on any atom is -0.461 e. The molecule has 0 aromatic carbocycles. The zero-order valence-electron chi connectivity index (χ0n) is 22.7. The number of amides is 2. The molecule has 5 atom stereocenters. The van der Waals surface area contributed by atoms with E-state index in [1.165, 1.54) is 4.90 Å². The van der Waals surface area contributed by atoms with Crippen molar-refractivity contribution < 1.29 is 33.4 Å². The zero-order valence-corrected chi connectivity index (χ0v) is 22.7. The van der Waals surface area contributed by atoms with Crippen molar-refractivity contribution in [2.24, 2.45) is 35.0 Å². The van der Waals surface area contributed by atoms with Crippen LogP contribution in [0.1, 0.15) is 104 Å². The summed E-state index contributed by atoms with van der Waals surface area (Å²) in [4.78, 5) is 65.6. The van der Waals surface area contributed by atoms with E-state index in [2.05, 4.69) is 0 Å². The summed E-state index contributed by atoms with van der Waals surface area (Å²) in [7, 11) is 0. The molecule has 1 heterocycles. The Morgan fingerprint density at radius 1 is 0.868 bits per heavy atom. The van der Waals surface area contributed by atoms with E-state index in [1.807, 2.05) is 13.8 Å². The lowest BCUT2D eigenvalue weighted by molar-refractivity contribution is -0.218. The van der Waals surface area contributed by atoms with E-state index >= 15 is 0 Å². The molecule has 7 rings (SSSR count). The highest BCUT2D eigenvalue weighted by Gasteiger charge is 2.63. The number of carbonyl (C=O) groups is 5. The van der Waals surface area contributed by atoms with Crippen LogP contribution in [0.5, 0.6) is 0 Å². The molecular weight excluding hydrogens is 486 g/mol. The molecule has 0 aromatic heterocycles. The number of imide groups is 1. The molecule has 0 aromatic rings. The molecule has 208 valence electrons. The fourth-order valence-electron chi connectivity index (χ4n) is 9.10. The Balaban J connectivity index is 1.09.